The molecule has 90 valence electrons. The van der Waals surface area contributed by atoms with Gasteiger partial charge in [-0.2, -0.15) is 11.8 Å². The minimum absolute atomic E-state index is 0.538. The Morgan fingerprint density at radius 3 is 2.47 bits per heavy atom. The van der Waals surface area contributed by atoms with Crippen molar-refractivity contribution in [2.75, 3.05) is 32.1 Å². The number of nitrogens with one attached hydrogen (secondary N) is 1. The Balaban J connectivity index is 3.75. The highest BCUT2D eigenvalue weighted by Crippen LogP contribution is 2.05. The zero-order valence-electron chi connectivity index (χ0n) is 10.8. The summed E-state index contributed by atoms with van der Waals surface area (Å²) >= 11 is 1.90. The second-order valence-corrected chi connectivity index (χ2v) is 5.42. The Morgan fingerprint density at radius 2 is 2.00 bits per heavy atom. The van der Waals surface area contributed by atoms with Crippen molar-refractivity contribution in [2.24, 2.45) is 0 Å². The summed E-state index contributed by atoms with van der Waals surface area (Å²) in [5.41, 5.74) is 1.26. The maximum absolute atomic E-state index is 4.10. The molecule has 0 aromatic rings. The first-order valence-electron chi connectivity index (χ1n) is 5.56. The molecule has 0 aliphatic heterocycles. The van der Waals surface area contributed by atoms with Crippen molar-refractivity contribution in [1.82, 2.24) is 10.2 Å². The number of likely N-dealkylation sites (N-methyl/N-ethyl adjacent to an activating group) is 1. The number of nitrogens with zero attached hydrogens (tertiary/aromatic N) is 1. The molecule has 0 saturated carbocycles. The summed E-state index contributed by atoms with van der Waals surface area (Å²) < 4.78 is 0. The number of hydrogen-bond acceptors (Lipinski definition) is 3. The summed E-state index contributed by atoms with van der Waals surface area (Å²) in [5.74, 6) is 1.18. The van der Waals surface area contributed by atoms with Gasteiger partial charge in [-0.05, 0) is 25.8 Å². The van der Waals surface area contributed by atoms with Gasteiger partial charge in [-0.25, -0.2) is 0 Å². The average Bonchev–Trinajstić information content (AvgIpc) is 2.15. The van der Waals surface area contributed by atoms with Gasteiger partial charge in [0, 0.05) is 30.9 Å². The fourth-order valence-corrected chi connectivity index (χ4v) is 2.02. The molecule has 15 heavy (non-hydrogen) atoms. The standard InChI is InChI=1S/C12H26N2S/c1-10(2)13-7-11(3)8-14(5)12(4)9-15-6/h10,12-13H,3,7-9H2,1-2,4-6H3. The van der Waals surface area contributed by atoms with Crippen LogP contribution < -0.4 is 5.32 Å². The van der Waals surface area contributed by atoms with E-state index in [1.165, 1.54) is 11.3 Å². The predicted octanol–water partition coefficient (Wildman–Crippen LogP) is 2.22. The Hall–Kier alpha value is 0.0100. The molecule has 0 saturated heterocycles. The van der Waals surface area contributed by atoms with E-state index in [0.717, 1.165) is 13.1 Å². The maximum Gasteiger partial charge on any atom is 0.0202 e. The first-order chi connectivity index (χ1) is 6.97. The van der Waals surface area contributed by atoms with Crippen molar-refractivity contribution in [3.63, 3.8) is 0 Å². The van der Waals surface area contributed by atoms with Crippen LogP contribution in [0.1, 0.15) is 20.8 Å². The average molecular weight is 230 g/mol. The molecule has 3 heteroatoms. The van der Waals surface area contributed by atoms with E-state index in [9.17, 15) is 0 Å². The summed E-state index contributed by atoms with van der Waals surface area (Å²) in [6.45, 7) is 12.6. The van der Waals surface area contributed by atoms with Crippen molar-refractivity contribution in [3.8, 4) is 0 Å². The smallest absolute Gasteiger partial charge is 0.0202 e. The van der Waals surface area contributed by atoms with E-state index in [1.54, 1.807) is 0 Å². The largest absolute Gasteiger partial charge is 0.311 e. The molecule has 0 bridgehead atoms. The molecule has 0 heterocycles. The molecule has 1 unspecified atom stereocenters. The van der Waals surface area contributed by atoms with E-state index in [1.807, 2.05) is 11.8 Å². The third-order valence-corrected chi connectivity index (χ3v) is 3.21. The van der Waals surface area contributed by atoms with Crippen LogP contribution in [-0.4, -0.2) is 49.1 Å². The lowest BCUT2D eigenvalue weighted by molar-refractivity contribution is 0.298. The quantitative estimate of drug-likeness (QED) is 0.644. The van der Waals surface area contributed by atoms with E-state index >= 15 is 0 Å². The molecule has 0 fully saturated rings. The van der Waals surface area contributed by atoms with Crippen molar-refractivity contribution in [1.29, 1.82) is 0 Å². The number of hydrogen-bond donors (Lipinski definition) is 1. The van der Waals surface area contributed by atoms with Crippen LogP contribution in [0.3, 0.4) is 0 Å². The topological polar surface area (TPSA) is 15.3 Å². The molecule has 0 radical (unpaired) electrons. The summed E-state index contributed by atoms with van der Waals surface area (Å²) in [7, 11) is 2.17. The molecular formula is C12H26N2S. The Bertz CT molecular complexity index is 180. The van der Waals surface area contributed by atoms with Gasteiger partial charge in [-0.3, -0.25) is 4.90 Å². The van der Waals surface area contributed by atoms with Crippen molar-refractivity contribution >= 4 is 11.8 Å². The van der Waals surface area contributed by atoms with Gasteiger partial charge in [0.25, 0.3) is 0 Å². The molecule has 0 aromatic heterocycles. The predicted molar refractivity (Wildman–Crippen MR) is 72.8 cm³/mol. The van der Waals surface area contributed by atoms with Crippen LogP contribution in [0.25, 0.3) is 0 Å². The van der Waals surface area contributed by atoms with Gasteiger partial charge < -0.3 is 5.32 Å². The van der Waals surface area contributed by atoms with Gasteiger partial charge in [-0.1, -0.05) is 20.4 Å². The van der Waals surface area contributed by atoms with Gasteiger partial charge in [0.15, 0.2) is 0 Å². The van der Waals surface area contributed by atoms with E-state index in [2.05, 4.69) is 50.9 Å². The Kier molecular flexibility index (Phi) is 8.20. The van der Waals surface area contributed by atoms with E-state index in [0.29, 0.717) is 12.1 Å². The van der Waals surface area contributed by atoms with Crippen LogP contribution in [0.15, 0.2) is 12.2 Å². The van der Waals surface area contributed by atoms with Crippen LogP contribution >= 0.6 is 11.8 Å². The SMILES string of the molecule is C=C(CNC(C)C)CN(C)C(C)CSC. The summed E-state index contributed by atoms with van der Waals surface area (Å²) in [4.78, 5) is 2.36. The summed E-state index contributed by atoms with van der Waals surface area (Å²) in [6, 6.07) is 1.16. The zero-order valence-corrected chi connectivity index (χ0v) is 11.7. The summed E-state index contributed by atoms with van der Waals surface area (Å²) in [5, 5.41) is 3.39. The van der Waals surface area contributed by atoms with Crippen molar-refractivity contribution in [3.05, 3.63) is 12.2 Å². The van der Waals surface area contributed by atoms with Crippen molar-refractivity contribution in [2.45, 2.75) is 32.9 Å². The fraction of sp³-hybridized carbons (Fsp3) is 0.833. The fourth-order valence-electron chi connectivity index (χ4n) is 1.28. The second kappa shape index (κ2) is 8.20. The highest BCUT2D eigenvalue weighted by Gasteiger charge is 2.09. The molecule has 0 aliphatic carbocycles. The summed E-state index contributed by atoms with van der Waals surface area (Å²) in [6.07, 6.45) is 2.15. The normalized spacial score (nSPS) is 13.5. The minimum atomic E-state index is 0.538. The van der Waals surface area contributed by atoms with Crippen LogP contribution in [0, 0.1) is 0 Å². The molecule has 0 aromatic carbocycles. The first kappa shape index (κ1) is 15.0. The highest BCUT2D eigenvalue weighted by molar-refractivity contribution is 7.98. The molecule has 1 N–H and O–H groups in total. The molecule has 0 rings (SSSR count). The van der Waals surface area contributed by atoms with E-state index < -0.39 is 0 Å². The molecule has 0 aliphatic rings. The highest BCUT2D eigenvalue weighted by atomic mass is 32.2. The molecular weight excluding hydrogens is 204 g/mol. The lowest BCUT2D eigenvalue weighted by Crippen LogP contribution is -2.35. The molecule has 0 spiro atoms. The third-order valence-electron chi connectivity index (χ3n) is 2.39. The second-order valence-electron chi connectivity index (χ2n) is 4.51. The van der Waals surface area contributed by atoms with Crippen LogP contribution in [0.5, 0.6) is 0 Å². The monoisotopic (exact) mass is 230 g/mol. The van der Waals surface area contributed by atoms with Crippen LogP contribution in [0.4, 0.5) is 0 Å². The van der Waals surface area contributed by atoms with Gasteiger partial charge in [-0.15, -0.1) is 0 Å². The third kappa shape index (κ3) is 7.88. The first-order valence-corrected chi connectivity index (χ1v) is 6.96. The van der Waals surface area contributed by atoms with Crippen molar-refractivity contribution < 1.29 is 0 Å². The van der Waals surface area contributed by atoms with Gasteiger partial charge >= 0.3 is 0 Å². The molecule has 2 nitrogen and oxygen atoms in total. The molecule has 0 amide bonds. The van der Waals surface area contributed by atoms with Crippen LogP contribution in [0.2, 0.25) is 0 Å². The maximum atomic E-state index is 4.10. The minimum Gasteiger partial charge on any atom is -0.311 e. The van der Waals surface area contributed by atoms with Gasteiger partial charge in [0.1, 0.15) is 0 Å². The van der Waals surface area contributed by atoms with Crippen LogP contribution in [-0.2, 0) is 0 Å². The van der Waals surface area contributed by atoms with Gasteiger partial charge in [0.05, 0.1) is 0 Å². The Labute approximate surface area is 99.5 Å². The molecule has 1 atom stereocenters. The number of rotatable bonds is 8. The zero-order chi connectivity index (χ0) is 11.8. The lowest BCUT2D eigenvalue weighted by Gasteiger charge is -2.25. The van der Waals surface area contributed by atoms with E-state index in [-0.39, 0.29) is 0 Å². The van der Waals surface area contributed by atoms with Gasteiger partial charge in [0.2, 0.25) is 0 Å². The Morgan fingerprint density at radius 1 is 1.40 bits per heavy atom. The van der Waals surface area contributed by atoms with E-state index in [4.69, 9.17) is 0 Å². The lowest BCUT2D eigenvalue weighted by atomic mass is 10.2. The number of thioether (sulfide) groups is 1.